The number of hydrogen-bond acceptors (Lipinski definition) is 8. The van der Waals surface area contributed by atoms with Gasteiger partial charge < -0.3 is 19.9 Å². The highest BCUT2D eigenvalue weighted by Crippen LogP contribution is 2.33. The standard InChI is InChI=1S/C22H28F2O3.C7H13NO.C6H13N.C5H12O3S/c1-4-19(25)15-27-21-11-7-17(8-12-21)22(2,3)16-5-9-20(10-6-16)26-14-18(24)13-23;1-5-6(9)8-7(2,3)4;1-6(2,3)7-4-5-7;1-5(2,3)8-9(4,6)7/h5-12,18-19,25H,4,13-15H2,1-3H3;5H,1H2,2-4H3,(H,8,9);4-5H2,1-3H3;1-4H3. The number of nitrogens with zero attached hydrogens (tertiary/aromatic N) is 1. The van der Waals surface area contributed by atoms with Crippen LogP contribution in [0.15, 0.2) is 61.2 Å². The van der Waals surface area contributed by atoms with Gasteiger partial charge >= 0.3 is 0 Å². The molecule has 3 rings (SSSR count). The Morgan fingerprint density at radius 3 is 1.54 bits per heavy atom. The zero-order valence-corrected chi connectivity index (χ0v) is 34.6. The van der Waals surface area contributed by atoms with Gasteiger partial charge in [0.25, 0.3) is 10.1 Å². The van der Waals surface area contributed by atoms with E-state index < -0.39 is 34.7 Å². The summed E-state index contributed by atoms with van der Waals surface area (Å²) in [7, 11) is -3.28. The normalized spacial score (nSPS) is 14.5. The van der Waals surface area contributed by atoms with E-state index in [1.807, 2.05) is 64.1 Å². The summed E-state index contributed by atoms with van der Waals surface area (Å²) in [6.07, 6.45) is 0.911. The lowest BCUT2D eigenvalue weighted by atomic mass is 9.78. The minimum atomic E-state index is -3.28. The number of hydrogen-bond donors (Lipinski definition) is 2. The van der Waals surface area contributed by atoms with Crippen molar-refractivity contribution in [2.24, 2.45) is 0 Å². The predicted molar refractivity (Wildman–Crippen MR) is 208 cm³/mol. The number of alkyl halides is 2. The summed E-state index contributed by atoms with van der Waals surface area (Å²) in [6, 6.07) is 15.2. The van der Waals surface area contributed by atoms with Gasteiger partial charge in [-0.05, 0) is 110 Å². The number of aliphatic hydroxyl groups is 1. The van der Waals surface area contributed by atoms with Gasteiger partial charge in [-0.1, -0.05) is 51.6 Å². The molecule has 9 nitrogen and oxygen atoms in total. The zero-order chi connectivity index (χ0) is 40.6. The summed E-state index contributed by atoms with van der Waals surface area (Å²) in [4.78, 5) is 13.0. The predicted octanol–water partition coefficient (Wildman–Crippen LogP) is 7.80. The van der Waals surface area contributed by atoms with Crippen molar-refractivity contribution in [1.29, 1.82) is 0 Å². The van der Waals surface area contributed by atoms with E-state index in [2.05, 4.69) is 55.6 Å². The van der Waals surface area contributed by atoms with Crippen molar-refractivity contribution in [2.75, 3.05) is 39.2 Å². The molecule has 12 heteroatoms. The lowest BCUT2D eigenvalue weighted by Gasteiger charge is -2.26. The first kappa shape index (κ1) is 48.9. The molecule has 0 bridgehead atoms. The van der Waals surface area contributed by atoms with Crippen molar-refractivity contribution in [3.05, 3.63) is 72.3 Å². The Hall–Kier alpha value is -3.06. The second-order valence-corrected chi connectivity index (χ2v) is 17.7. The van der Waals surface area contributed by atoms with Crippen LogP contribution in [0.3, 0.4) is 0 Å². The van der Waals surface area contributed by atoms with Gasteiger partial charge in [0.2, 0.25) is 5.91 Å². The molecule has 0 saturated carbocycles. The molecule has 0 radical (unpaired) electrons. The maximum absolute atomic E-state index is 12.9. The Morgan fingerprint density at radius 2 is 1.31 bits per heavy atom. The second-order valence-electron chi connectivity index (χ2n) is 16.1. The monoisotopic (exact) mass is 756 g/mol. The summed E-state index contributed by atoms with van der Waals surface area (Å²) in [5, 5.41) is 12.3. The van der Waals surface area contributed by atoms with Crippen molar-refractivity contribution >= 4 is 16.0 Å². The van der Waals surface area contributed by atoms with Crippen molar-refractivity contribution in [1.82, 2.24) is 10.2 Å². The van der Waals surface area contributed by atoms with Crippen LogP contribution in [-0.4, -0.2) is 92.5 Å². The molecular formula is C40H66F2N2O7S. The van der Waals surface area contributed by atoms with E-state index >= 15 is 0 Å². The number of aliphatic hydroxyl groups excluding tert-OH is 1. The van der Waals surface area contributed by atoms with Crippen LogP contribution < -0.4 is 14.8 Å². The van der Waals surface area contributed by atoms with Gasteiger partial charge in [0.15, 0.2) is 6.17 Å². The van der Waals surface area contributed by atoms with Crippen LogP contribution in [0, 0.1) is 0 Å². The molecule has 52 heavy (non-hydrogen) atoms. The number of ether oxygens (including phenoxy) is 2. The average molecular weight is 757 g/mol. The topological polar surface area (TPSA) is 114 Å². The summed E-state index contributed by atoms with van der Waals surface area (Å²) in [6.45, 7) is 28.6. The zero-order valence-electron chi connectivity index (χ0n) is 33.8. The maximum Gasteiger partial charge on any atom is 0.264 e. The van der Waals surface area contributed by atoms with Crippen LogP contribution in [0.5, 0.6) is 11.5 Å². The largest absolute Gasteiger partial charge is 0.491 e. The third kappa shape index (κ3) is 23.5. The molecule has 1 heterocycles. The molecule has 2 N–H and O–H groups in total. The molecule has 298 valence electrons. The van der Waals surface area contributed by atoms with Crippen LogP contribution in [0.1, 0.15) is 101 Å². The van der Waals surface area contributed by atoms with Gasteiger partial charge in [-0.2, -0.15) is 8.42 Å². The van der Waals surface area contributed by atoms with E-state index in [-0.39, 0.29) is 30.1 Å². The molecule has 1 saturated heterocycles. The van der Waals surface area contributed by atoms with Crippen molar-refractivity contribution in [2.45, 2.75) is 124 Å². The quantitative estimate of drug-likeness (QED) is 0.128. The highest BCUT2D eigenvalue weighted by molar-refractivity contribution is 7.86. The Balaban J connectivity index is 0.000000840. The van der Waals surface area contributed by atoms with E-state index in [4.69, 9.17) is 9.47 Å². The van der Waals surface area contributed by atoms with Gasteiger partial charge in [0.1, 0.15) is 31.4 Å². The molecule has 0 aliphatic carbocycles. The van der Waals surface area contributed by atoms with E-state index in [0.29, 0.717) is 17.7 Å². The lowest BCUT2D eigenvalue weighted by Crippen LogP contribution is -2.39. The van der Waals surface area contributed by atoms with Gasteiger partial charge in [0, 0.05) is 29.6 Å². The Bertz CT molecular complexity index is 1370. The van der Waals surface area contributed by atoms with Crippen molar-refractivity contribution in [3.8, 4) is 11.5 Å². The van der Waals surface area contributed by atoms with Crippen LogP contribution in [0.4, 0.5) is 8.78 Å². The van der Waals surface area contributed by atoms with Crippen LogP contribution in [0.2, 0.25) is 0 Å². The van der Waals surface area contributed by atoms with Crippen LogP contribution in [0.25, 0.3) is 0 Å². The molecule has 0 aromatic heterocycles. The number of carbonyl (C=O) groups is 1. The first-order chi connectivity index (χ1) is 23.6. The first-order valence-electron chi connectivity index (χ1n) is 17.6. The SMILES string of the molecule is C=CC(=O)NC(C)(C)C.CC(C)(C)N1CC1.CC(C)(C)OS(C)(=O)=O.CCC(O)COc1ccc(C(C)(C)c2ccc(OCC(F)CF)cc2)cc1. The number of rotatable bonds is 12. The number of carbonyl (C=O) groups excluding carboxylic acids is 1. The summed E-state index contributed by atoms with van der Waals surface area (Å²) in [5.41, 5.74) is 1.63. The first-order valence-corrected chi connectivity index (χ1v) is 19.4. The second kappa shape index (κ2) is 21.6. The minimum Gasteiger partial charge on any atom is -0.491 e. The summed E-state index contributed by atoms with van der Waals surface area (Å²) in [5.74, 6) is 1.12. The third-order valence-corrected chi connectivity index (χ3v) is 7.95. The summed E-state index contributed by atoms with van der Waals surface area (Å²) < 4.78 is 61.4. The highest BCUT2D eigenvalue weighted by Gasteiger charge is 2.29. The number of halogens is 2. The van der Waals surface area contributed by atoms with E-state index in [9.17, 15) is 27.1 Å². The number of benzene rings is 2. The Morgan fingerprint density at radius 1 is 0.885 bits per heavy atom. The minimum absolute atomic E-state index is 0.123. The molecule has 2 atom stereocenters. The fourth-order valence-electron chi connectivity index (χ4n) is 4.24. The van der Waals surface area contributed by atoms with Crippen molar-refractivity contribution in [3.63, 3.8) is 0 Å². The fraction of sp³-hybridized carbons (Fsp3) is 0.625. The van der Waals surface area contributed by atoms with E-state index in [0.717, 1.165) is 23.1 Å². The molecule has 2 aromatic carbocycles. The lowest BCUT2D eigenvalue weighted by molar-refractivity contribution is -0.117. The molecule has 1 aliphatic rings. The van der Waals surface area contributed by atoms with Crippen LogP contribution in [-0.2, 0) is 24.5 Å². The Kier molecular flexibility index (Phi) is 20.3. The van der Waals surface area contributed by atoms with E-state index in [1.54, 1.807) is 32.9 Å². The molecule has 1 aliphatic heterocycles. The van der Waals surface area contributed by atoms with Gasteiger partial charge in [0.05, 0.1) is 18.0 Å². The maximum atomic E-state index is 12.9. The fourth-order valence-corrected chi connectivity index (χ4v) is 5.15. The average Bonchev–Trinajstić information content (AvgIpc) is 3.88. The van der Waals surface area contributed by atoms with Crippen molar-refractivity contribution < 1.29 is 40.8 Å². The van der Waals surface area contributed by atoms with Gasteiger partial charge in [-0.15, -0.1) is 0 Å². The molecule has 1 amide bonds. The third-order valence-electron chi connectivity index (χ3n) is 7.14. The van der Waals surface area contributed by atoms with Gasteiger partial charge in [-0.3, -0.25) is 13.9 Å². The number of amides is 1. The molecule has 1 fully saturated rings. The highest BCUT2D eigenvalue weighted by atomic mass is 32.2. The number of nitrogens with one attached hydrogen (secondary N) is 1. The van der Waals surface area contributed by atoms with E-state index in [1.165, 1.54) is 19.2 Å². The van der Waals surface area contributed by atoms with Crippen LogP contribution >= 0.6 is 0 Å². The summed E-state index contributed by atoms with van der Waals surface area (Å²) >= 11 is 0. The Labute approximate surface area is 313 Å². The molecule has 0 spiro atoms. The molecule has 2 unspecified atom stereocenters. The molecular weight excluding hydrogens is 691 g/mol. The van der Waals surface area contributed by atoms with Gasteiger partial charge in [-0.25, -0.2) is 8.78 Å². The molecule has 2 aromatic rings. The smallest absolute Gasteiger partial charge is 0.264 e.